The lowest BCUT2D eigenvalue weighted by atomic mass is 9.81. The first kappa shape index (κ1) is 23.0. The van der Waals surface area contributed by atoms with Gasteiger partial charge in [-0.3, -0.25) is 4.90 Å². The van der Waals surface area contributed by atoms with Gasteiger partial charge < -0.3 is 20.2 Å². The number of carbonyl (C=O) groups excluding carboxylic acids is 2. The van der Waals surface area contributed by atoms with Gasteiger partial charge in [-0.15, -0.1) is 11.8 Å². The summed E-state index contributed by atoms with van der Waals surface area (Å²) in [6, 6.07) is 16.5. The highest BCUT2D eigenvalue weighted by Crippen LogP contribution is 2.43. The van der Waals surface area contributed by atoms with Crippen molar-refractivity contribution < 1.29 is 19.1 Å². The first-order valence-electron chi connectivity index (χ1n) is 10.3. The van der Waals surface area contributed by atoms with Crippen molar-refractivity contribution in [1.29, 1.82) is 5.26 Å². The van der Waals surface area contributed by atoms with E-state index in [0.29, 0.717) is 11.3 Å². The molecule has 1 unspecified atom stereocenters. The lowest BCUT2D eigenvalue weighted by Crippen LogP contribution is -2.40. The first-order valence-corrected chi connectivity index (χ1v) is 11.5. The quantitative estimate of drug-likeness (QED) is 0.423. The predicted molar refractivity (Wildman–Crippen MR) is 130 cm³/mol. The number of allylic oxidation sites excluding steroid dienone is 1. The van der Waals surface area contributed by atoms with E-state index < -0.39 is 17.9 Å². The minimum atomic E-state index is -0.901. The van der Waals surface area contributed by atoms with Crippen LogP contribution < -0.4 is 10.6 Å². The number of ether oxygens (including phenoxy) is 2. The van der Waals surface area contributed by atoms with Crippen LogP contribution in [0.5, 0.6) is 0 Å². The maximum atomic E-state index is 13.1. The molecule has 0 fully saturated rings. The van der Waals surface area contributed by atoms with E-state index in [-0.39, 0.29) is 22.7 Å². The van der Waals surface area contributed by atoms with Crippen LogP contribution in [0.2, 0.25) is 0 Å². The van der Waals surface area contributed by atoms with Crippen molar-refractivity contribution >= 4 is 40.3 Å². The number of hydrogen-bond donors (Lipinski definition) is 2. The lowest BCUT2D eigenvalue weighted by Gasteiger charge is -2.36. The third-order valence-corrected chi connectivity index (χ3v) is 6.49. The summed E-state index contributed by atoms with van der Waals surface area (Å²) in [7, 11) is 2.45. The Bertz CT molecular complexity index is 1380. The van der Waals surface area contributed by atoms with Crippen LogP contribution in [0.4, 0.5) is 5.69 Å². The Morgan fingerprint density at radius 1 is 1.12 bits per heavy atom. The van der Waals surface area contributed by atoms with Crippen LogP contribution in [0, 0.1) is 11.3 Å². The molecule has 3 N–H and O–H groups in total. The number of nitrogens with one attached hydrogen (secondary N) is 1. The Balaban J connectivity index is 2.06. The molecular weight excluding hydrogens is 452 g/mol. The van der Waals surface area contributed by atoms with Gasteiger partial charge in [-0.25, -0.2) is 9.59 Å². The number of nitrogens with two attached hydrogens (primary N) is 1. The van der Waals surface area contributed by atoms with E-state index in [1.807, 2.05) is 30.7 Å². The molecule has 1 atom stereocenters. The number of hydrogen-bond acceptors (Lipinski definition) is 8. The van der Waals surface area contributed by atoms with Crippen LogP contribution in [0.25, 0.3) is 10.9 Å². The summed E-state index contributed by atoms with van der Waals surface area (Å²) in [5, 5.41) is 11.0. The van der Waals surface area contributed by atoms with Gasteiger partial charge in [0.2, 0.25) is 0 Å². The molecule has 9 heteroatoms. The third kappa shape index (κ3) is 3.68. The number of nitriles is 1. The summed E-state index contributed by atoms with van der Waals surface area (Å²) in [5.41, 5.74) is 8.57. The molecule has 0 saturated carbocycles. The first-order chi connectivity index (χ1) is 16.5. The van der Waals surface area contributed by atoms with E-state index in [4.69, 9.17) is 15.2 Å². The zero-order valence-electron chi connectivity index (χ0n) is 18.8. The Kier molecular flexibility index (Phi) is 6.34. The van der Waals surface area contributed by atoms with Crippen molar-refractivity contribution in [1.82, 2.24) is 4.98 Å². The molecule has 172 valence electrons. The summed E-state index contributed by atoms with van der Waals surface area (Å²) >= 11 is 1.56. The van der Waals surface area contributed by atoms with Gasteiger partial charge in [0.25, 0.3) is 0 Å². The Morgan fingerprint density at radius 3 is 2.44 bits per heavy atom. The highest BCUT2D eigenvalue weighted by atomic mass is 32.2. The van der Waals surface area contributed by atoms with Gasteiger partial charge in [-0.2, -0.15) is 5.26 Å². The highest BCUT2D eigenvalue weighted by molar-refractivity contribution is 7.98. The molecule has 1 aliphatic heterocycles. The average Bonchev–Trinajstić information content (AvgIpc) is 3.29. The van der Waals surface area contributed by atoms with Crippen molar-refractivity contribution in [2.75, 3.05) is 25.4 Å². The molecule has 1 aliphatic rings. The number of methoxy groups -OCH3 is 2. The summed E-state index contributed by atoms with van der Waals surface area (Å²) < 4.78 is 10.1. The second kappa shape index (κ2) is 9.37. The lowest BCUT2D eigenvalue weighted by molar-refractivity contribution is -0.139. The number of thioether (sulfide) groups is 1. The van der Waals surface area contributed by atoms with Gasteiger partial charge in [0.15, 0.2) is 0 Å². The molecule has 0 amide bonds. The topological polar surface area (TPSA) is 121 Å². The van der Waals surface area contributed by atoms with Crippen LogP contribution >= 0.6 is 11.8 Å². The number of anilines is 1. The van der Waals surface area contributed by atoms with Gasteiger partial charge in [-0.1, -0.05) is 30.3 Å². The molecule has 2 heterocycles. The van der Waals surface area contributed by atoms with E-state index in [1.54, 1.807) is 42.1 Å². The number of aromatic nitrogens is 1. The molecule has 8 nitrogen and oxygen atoms in total. The van der Waals surface area contributed by atoms with E-state index in [1.165, 1.54) is 19.1 Å². The predicted octanol–water partition coefficient (Wildman–Crippen LogP) is 3.79. The number of rotatable bonds is 5. The fourth-order valence-electron chi connectivity index (χ4n) is 4.17. The Morgan fingerprint density at radius 2 is 1.82 bits per heavy atom. The zero-order valence-corrected chi connectivity index (χ0v) is 19.6. The van der Waals surface area contributed by atoms with Crippen molar-refractivity contribution in [2.45, 2.75) is 10.8 Å². The molecule has 0 saturated heterocycles. The van der Waals surface area contributed by atoms with Gasteiger partial charge in [-0.05, 0) is 30.0 Å². The standard InChI is InChI=1S/C25H22N4O4S/c1-32-24(30)21-20(14-7-5-4-6-8-14)17(12-26)23(27)29(22(21)25(31)33-2)15-9-10-18-16(11-15)19(34-3)13-28-18/h4-11,13,20,28H,27H2,1-3H3. The summed E-state index contributed by atoms with van der Waals surface area (Å²) in [5.74, 6) is -2.40. The van der Waals surface area contributed by atoms with Crippen molar-refractivity contribution in [3.63, 3.8) is 0 Å². The number of aromatic amines is 1. The molecule has 3 aromatic rings. The summed E-state index contributed by atoms with van der Waals surface area (Å²) in [6.07, 6.45) is 3.84. The smallest absolute Gasteiger partial charge is 0.355 e. The molecule has 4 rings (SSSR count). The Hall–Kier alpha value is -4.16. The Labute approximate surface area is 200 Å². The number of H-pyrrole nitrogens is 1. The fraction of sp³-hybridized carbons (Fsp3) is 0.160. The van der Waals surface area contributed by atoms with Crippen molar-refractivity contribution in [3.05, 3.63) is 83.0 Å². The van der Waals surface area contributed by atoms with Crippen LogP contribution in [-0.4, -0.2) is 37.4 Å². The number of nitrogens with zero attached hydrogens (tertiary/aromatic N) is 2. The highest BCUT2D eigenvalue weighted by Gasteiger charge is 2.43. The molecule has 0 radical (unpaired) electrons. The molecule has 2 aromatic carbocycles. The van der Waals surface area contributed by atoms with Crippen LogP contribution in [-0.2, 0) is 19.1 Å². The second-order valence-corrected chi connectivity index (χ2v) is 8.27. The van der Waals surface area contributed by atoms with Crippen molar-refractivity contribution in [2.24, 2.45) is 5.73 Å². The molecule has 34 heavy (non-hydrogen) atoms. The fourth-order valence-corrected chi connectivity index (χ4v) is 4.74. The molecule has 0 spiro atoms. The molecule has 1 aromatic heterocycles. The molecule has 0 aliphatic carbocycles. The number of fused-ring (bicyclic) bond motifs is 1. The summed E-state index contributed by atoms with van der Waals surface area (Å²) in [4.78, 5) is 31.8. The molecule has 0 bridgehead atoms. The average molecular weight is 475 g/mol. The number of esters is 2. The normalized spacial score (nSPS) is 15.9. The minimum Gasteiger partial charge on any atom is -0.466 e. The maximum Gasteiger partial charge on any atom is 0.355 e. The van der Waals surface area contributed by atoms with Crippen LogP contribution in [0.1, 0.15) is 11.5 Å². The number of carbonyl (C=O) groups is 2. The maximum absolute atomic E-state index is 13.1. The summed E-state index contributed by atoms with van der Waals surface area (Å²) in [6.45, 7) is 0. The van der Waals surface area contributed by atoms with Crippen molar-refractivity contribution in [3.8, 4) is 6.07 Å². The van der Waals surface area contributed by atoms with E-state index in [0.717, 1.165) is 15.8 Å². The number of benzene rings is 2. The minimum absolute atomic E-state index is 0.0226. The molecular formula is C25H22N4O4S. The zero-order chi connectivity index (χ0) is 24.4. The third-order valence-electron chi connectivity index (χ3n) is 5.72. The SMILES string of the molecule is COC(=O)C1=C(C(=O)OC)N(c2ccc3[nH]cc(SC)c3c2)C(N)=C(C#N)C1c1ccccc1. The van der Waals surface area contributed by atoms with Gasteiger partial charge in [0, 0.05) is 27.7 Å². The van der Waals surface area contributed by atoms with Crippen LogP contribution in [0.3, 0.4) is 0 Å². The van der Waals surface area contributed by atoms with Crippen LogP contribution in [0.15, 0.2) is 82.3 Å². The van der Waals surface area contributed by atoms with E-state index >= 15 is 0 Å². The monoisotopic (exact) mass is 474 g/mol. The largest absolute Gasteiger partial charge is 0.466 e. The van der Waals surface area contributed by atoms with E-state index in [2.05, 4.69) is 11.1 Å². The van der Waals surface area contributed by atoms with Gasteiger partial charge in [0.1, 0.15) is 11.5 Å². The van der Waals surface area contributed by atoms with E-state index in [9.17, 15) is 14.9 Å². The second-order valence-electron chi connectivity index (χ2n) is 7.42. The van der Waals surface area contributed by atoms with Gasteiger partial charge >= 0.3 is 11.9 Å². The van der Waals surface area contributed by atoms with Gasteiger partial charge in [0.05, 0.1) is 37.4 Å².